The summed E-state index contributed by atoms with van der Waals surface area (Å²) < 4.78 is 5.46. The maximum absolute atomic E-state index is 12.2. The van der Waals surface area contributed by atoms with Crippen LogP contribution in [-0.2, 0) is 4.74 Å². The Morgan fingerprint density at radius 2 is 1.80 bits per heavy atom. The predicted molar refractivity (Wildman–Crippen MR) is 71.6 cm³/mol. The lowest BCUT2D eigenvalue weighted by Gasteiger charge is -2.24. The van der Waals surface area contributed by atoms with Gasteiger partial charge in [-0.1, -0.05) is 12.1 Å². The number of imide groups is 1. The molecule has 1 aliphatic heterocycles. The second-order valence-corrected chi connectivity index (χ2v) is 4.68. The van der Waals surface area contributed by atoms with Crippen LogP contribution in [0.25, 0.3) is 0 Å². The molecule has 2 amide bonds. The highest BCUT2D eigenvalue weighted by Crippen LogP contribution is 2.22. The van der Waals surface area contributed by atoms with E-state index < -0.39 is 6.10 Å². The number of amides is 2. The van der Waals surface area contributed by atoms with Crippen molar-refractivity contribution in [2.75, 3.05) is 26.7 Å². The Labute approximate surface area is 117 Å². The minimum absolute atomic E-state index is 0.130. The number of ether oxygens (including phenoxy) is 1. The number of hydroxylamine groups is 2. The van der Waals surface area contributed by atoms with E-state index >= 15 is 0 Å². The molecule has 1 aliphatic rings. The molecule has 2 rings (SSSR count). The van der Waals surface area contributed by atoms with E-state index in [0.29, 0.717) is 17.7 Å². The molecule has 1 atom stereocenters. The van der Waals surface area contributed by atoms with E-state index in [1.165, 1.54) is 11.9 Å². The van der Waals surface area contributed by atoms with Gasteiger partial charge in [-0.25, -0.2) is 0 Å². The van der Waals surface area contributed by atoms with Gasteiger partial charge in [0.2, 0.25) is 0 Å². The van der Waals surface area contributed by atoms with Crippen LogP contribution in [0.15, 0.2) is 24.3 Å². The van der Waals surface area contributed by atoms with Crippen LogP contribution in [0.2, 0.25) is 0 Å². The smallest absolute Gasteiger partial charge is 0.261 e. The van der Waals surface area contributed by atoms with Gasteiger partial charge in [0.1, 0.15) is 0 Å². The summed E-state index contributed by atoms with van der Waals surface area (Å²) in [6, 6.07) is 6.75. The molecule has 1 N–H and O–H groups in total. The number of rotatable bonds is 6. The normalized spacial score (nSPS) is 15.9. The molecule has 0 aliphatic carbocycles. The SMILES string of the molecule is CCO[C@@H](CN(C)O)CN1C(=O)c2ccccc2C1=O. The first-order valence-corrected chi connectivity index (χ1v) is 6.51. The number of carbonyl (C=O) groups is 2. The van der Waals surface area contributed by atoms with E-state index in [-0.39, 0.29) is 24.9 Å². The molecule has 6 nitrogen and oxygen atoms in total. The van der Waals surface area contributed by atoms with Gasteiger partial charge < -0.3 is 9.94 Å². The molecule has 6 heteroatoms. The summed E-state index contributed by atoms with van der Waals surface area (Å²) in [5.41, 5.74) is 0.843. The Morgan fingerprint density at radius 1 is 1.25 bits per heavy atom. The van der Waals surface area contributed by atoms with Crippen LogP contribution in [0.5, 0.6) is 0 Å². The molecular formula is C14H18N2O4. The van der Waals surface area contributed by atoms with Crippen LogP contribution < -0.4 is 0 Å². The van der Waals surface area contributed by atoms with Crippen molar-refractivity contribution in [3.63, 3.8) is 0 Å². The molecule has 1 aromatic carbocycles. The lowest BCUT2D eigenvalue weighted by molar-refractivity contribution is -0.103. The van der Waals surface area contributed by atoms with Crippen molar-refractivity contribution in [2.45, 2.75) is 13.0 Å². The van der Waals surface area contributed by atoms with Crippen molar-refractivity contribution in [1.29, 1.82) is 0 Å². The summed E-state index contributed by atoms with van der Waals surface area (Å²) in [5.74, 6) is -0.619. The van der Waals surface area contributed by atoms with Crippen molar-refractivity contribution in [3.8, 4) is 0 Å². The van der Waals surface area contributed by atoms with E-state index in [4.69, 9.17) is 4.74 Å². The van der Waals surface area contributed by atoms with Crippen LogP contribution >= 0.6 is 0 Å². The molecule has 0 saturated carbocycles. The Kier molecular flexibility index (Phi) is 4.49. The highest BCUT2D eigenvalue weighted by atomic mass is 16.5. The highest BCUT2D eigenvalue weighted by molar-refractivity contribution is 6.21. The average molecular weight is 278 g/mol. The van der Waals surface area contributed by atoms with Gasteiger partial charge in [0, 0.05) is 13.7 Å². The molecule has 0 unspecified atom stereocenters. The maximum atomic E-state index is 12.2. The summed E-state index contributed by atoms with van der Waals surface area (Å²) in [6.45, 7) is 2.63. The van der Waals surface area contributed by atoms with E-state index in [1.807, 2.05) is 6.92 Å². The minimum Gasteiger partial charge on any atom is -0.375 e. The Morgan fingerprint density at radius 3 is 2.25 bits per heavy atom. The van der Waals surface area contributed by atoms with Crippen LogP contribution in [0.3, 0.4) is 0 Å². The monoisotopic (exact) mass is 278 g/mol. The number of carbonyl (C=O) groups excluding carboxylic acids is 2. The largest absolute Gasteiger partial charge is 0.375 e. The van der Waals surface area contributed by atoms with Crippen LogP contribution in [-0.4, -0.2) is 59.8 Å². The first-order valence-electron chi connectivity index (χ1n) is 6.51. The zero-order valence-electron chi connectivity index (χ0n) is 11.6. The quantitative estimate of drug-likeness (QED) is 0.621. The van der Waals surface area contributed by atoms with Crippen molar-refractivity contribution >= 4 is 11.8 Å². The predicted octanol–water partition coefficient (Wildman–Crippen LogP) is 1.01. The van der Waals surface area contributed by atoms with Gasteiger partial charge in [-0.05, 0) is 19.1 Å². The molecule has 0 bridgehead atoms. The second-order valence-electron chi connectivity index (χ2n) is 4.68. The summed E-state index contributed by atoms with van der Waals surface area (Å²) in [4.78, 5) is 25.6. The number of nitrogens with zero attached hydrogens (tertiary/aromatic N) is 2. The van der Waals surface area contributed by atoms with Gasteiger partial charge in [-0.3, -0.25) is 14.5 Å². The lowest BCUT2D eigenvalue weighted by atomic mass is 10.1. The number of fused-ring (bicyclic) bond motifs is 1. The molecule has 0 spiro atoms. The van der Waals surface area contributed by atoms with E-state index in [9.17, 15) is 14.8 Å². The van der Waals surface area contributed by atoms with Gasteiger partial charge >= 0.3 is 0 Å². The molecule has 0 radical (unpaired) electrons. The second kappa shape index (κ2) is 6.13. The van der Waals surface area contributed by atoms with Crippen LogP contribution in [0.4, 0.5) is 0 Å². The van der Waals surface area contributed by atoms with Crippen molar-refractivity contribution in [2.24, 2.45) is 0 Å². The number of hydrogen-bond donors (Lipinski definition) is 1. The van der Waals surface area contributed by atoms with Gasteiger partial charge in [-0.2, -0.15) is 5.06 Å². The summed E-state index contributed by atoms with van der Waals surface area (Å²) >= 11 is 0. The van der Waals surface area contributed by atoms with Crippen molar-refractivity contribution in [1.82, 2.24) is 9.96 Å². The zero-order valence-corrected chi connectivity index (χ0v) is 11.6. The zero-order chi connectivity index (χ0) is 14.7. The third-order valence-electron chi connectivity index (χ3n) is 3.13. The van der Waals surface area contributed by atoms with E-state index in [0.717, 1.165) is 5.06 Å². The Hall–Kier alpha value is -1.76. The van der Waals surface area contributed by atoms with E-state index in [1.54, 1.807) is 24.3 Å². The molecule has 1 aromatic rings. The maximum Gasteiger partial charge on any atom is 0.261 e. The number of benzene rings is 1. The lowest BCUT2D eigenvalue weighted by Crippen LogP contribution is -2.42. The molecule has 108 valence electrons. The fourth-order valence-corrected chi connectivity index (χ4v) is 2.30. The van der Waals surface area contributed by atoms with Crippen LogP contribution in [0, 0.1) is 0 Å². The standard InChI is InChI=1S/C14H18N2O4/c1-3-20-10(8-15(2)19)9-16-13(17)11-6-4-5-7-12(11)14(16)18/h4-7,10,19H,3,8-9H2,1-2H3/t10-/m0/s1. The molecule has 20 heavy (non-hydrogen) atoms. The first kappa shape index (κ1) is 14.6. The molecule has 1 heterocycles. The van der Waals surface area contributed by atoms with Crippen molar-refractivity contribution < 1.29 is 19.5 Å². The number of likely N-dealkylation sites (N-methyl/N-ethyl adjacent to an activating group) is 1. The molecule has 0 aromatic heterocycles. The van der Waals surface area contributed by atoms with Gasteiger partial charge in [0.25, 0.3) is 11.8 Å². The van der Waals surface area contributed by atoms with E-state index in [2.05, 4.69) is 0 Å². The van der Waals surface area contributed by atoms with Gasteiger partial charge in [0.05, 0.1) is 30.3 Å². The molecular weight excluding hydrogens is 260 g/mol. The molecule has 0 fully saturated rings. The minimum atomic E-state index is -0.419. The fraction of sp³-hybridized carbons (Fsp3) is 0.429. The third-order valence-corrected chi connectivity index (χ3v) is 3.13. The topological polar surface area (TPSA) is 70.1 Å². The third kappa shape index (κ3) is 2.87. The summed E-state index contributed by atoms with van der Waals surface area (Å²) in [7, 11) is 1.49. The van der Waals surface area contributed by atoms with Crippen molar-refractivity contribution in [3.05, 3.63) is 35.4 Å². The fourth-order valence-electron chi connectivity index (χ4n) is 2.30. The van der Waals surface area contributed by atoms with Crippen LogP contribution in [0.1, 0.15) is 27.6 Å². The highest BCUT2D eigenvalue weighted by Gasteiger charge is 2.36. The average Bonchev–Trinajstić information content (AvgIpc) is 2.64. The Bertz CT molecular complexity index is 481. The summed E-state index contributed by atoms with van der Waals surface area (Å²) in [6.07, 6.45) is -0.419. The first-order chi connectivity index (χ1) is 9.54. The Balaban J connectivity index is 2.14. The summed E-state index contributed by atoms with van der Waals surface area (Å²) in [5, 5.41) is 10.3. The van der Waals surface area contributed by atoms with Gasteiger partial charge in [-0.15, -0.1) is 0 Å². The molecule has 0 saturated heterocycles. The van der Waals surface area contributed by atoms with Gasteiger partial charge in [0.15, 0.2) is 0 Å². The number of hydrogen-bond acceptors (Lipinski definition) is 5.